The zero-order valence-electron chi connectivity index (χ0n) is 9.43. The van der Waals surface area contributed by atoms with Crippen LogP contribution in [-0.2, 0) is 11.8 Å². The first kappa shape index (κ1) is 12.7. The van der Waals surface area contributed by atoms with Gasteiger partial charge in [-0.25, -0.2) is 0 Å². The van der Waals surface area contributed by atoms with Gasteiger partial charge in [0.15, 0.2) is 5.11 Å². The molecule has 0 atom stereocenters. The van der Waals surface area contributed by atoms with Crippen molar-refractivity contribution in [2.24, 2.45) is 12.1 Å². The van der Waals surface area contributed by atoms with Gasteiger partial charge in [0, 0.05) is 26.9 Å². The summed E-state index contributed by atoms with van der Waals surface area (Å²) in [7, 11) is 3.60. The van der Waals surface area contributed by atoms with Crippen LogP contribution >= 0.6 is 12.2 Å². The number of ether oxygens (including phenoxy) is 1. The predicted molar refractivity (Wildman–Crippen MR) is 68.6 cm³/mol. The first-order valence-corrected chi connectivity index (χ1v) is 5.32. The summed E-state index contributed by atoms with van der Waals surface area (Å²) in [5.74, 6) is 0. The third-order valence-electron chi connectivity index (χ3n) is 1.94. The number of nitrogens with zero attached hydrogens (tertiary/aromatic N) is 2. The van der Waals surface area contributed by atoms with Crippen molar-refractivity contribution >= 4 is 23.5 Å². The fourth-order valence-electron chi connectivity index (χ4n) is 1.07. The average molecular weight is 240 g/mol. The summed E-state index contributed by atoms with van der Waals surface area (Å²) >= 11 is 5.00. The van der Waals surface area contributed by atoms with E-state index in [-0.39, 0.29) is 0 Å². The van der Waals surface area contributed by atoms with Gasteiger partial charge in [-0.3, -0.25) is 5.43 Å². The summed E-state index contributed by atoms with van der Waals surface area (Å²) in [5, 5.41) is 7.45. The van der Waals surface area contributed by atoms with Crippen LogP contribution in [0.3, 0.4) is 0 Å². The number of aryl methyl sites for hydroxylation is 1. The van der Waals surface area contributed by atoms with Gasteiger partial charge in [0.25, 0.3) is 0 Å². The number of hydrogen-bond acceptors (Lipinski definition) is 3. The topological polar surface area (TPSA) is 50.6 Å². The Morgan fingerprint density at radius 2 is 2.50 bits per heavy atom. The first-order valence-electron chi connectivity index (χ1n) is 4.91. The first-order chi connectivity index (χ1) is 7.74. The molecule has 16 heavy (non-hydrogen) atoms. The molecule has 1 rings (SSSR count). The zero-order chi connectivity index (χ0) is 11.8. The predicted octanol–water partition coefficient (Wildman–Crippen LogP) is 0.469. The highest BCUT2D eigenvalue weighted by Crippen LogP contribution is 1.94. The SMILES string of the molecule is COCCNC(=S)N/N=C/c1cccn1C. The summed E-state index contributed by atoms with van der Waals surface area (Å²) < 4.78 is 6.84. The monoisotopic (exact) mass is 240 g/mol. The fourth-order valence-corrected chi connectivity index (χ4v) is 1.23. The summed E-state index contributed by atoms with van der Waals surface area (Å²) in [6.07, 6.45) is 3.67. The Bertz CT molecular complexity index is 361. The lowest BCUT2D eigenvalue weighted by Crippen LogP contribution is -2.34. The molecule has 2 N–H and O–H groups in total. The van der Waals surface area contributed by atoms with Crippen LogP contribution in [-0.4, -0.2) is 36.2 Å². The highest BCUT2D eigenvalue weighted by molar-refractivity contribution is 7.80. The molecule has 0 aliphatic carbocycles. The van der Waals surface area contributed by atoms with Gasteiger partial charge in [-0.2, -0.15) is 5.10 Å². The van der Waals surface area contributed by atoms with Crippen LogP contribution in [0.5, 0.6) is 0 Å². The van der Waals surface area contributed by atoms with Crippen molar-refractivity contribution in [2.75, 3.05) is 20.3 Å². The maximum Gasteiger partial charge on any atom is 0.187 e. The lowest BCUT2D eigenvalue weighted by molar-refractivity contribution is 0.204. The van der Waals surface area contributed by atoms with Crippen LogP contribution in [0.15, 0.2) is 23.4 Å². The van der Waals surface area contributed by atoms with E-state index in [1.807, 2.05) is 29.9 Å². The molecule has 5 nitrogen and oxygen atoms in total. The Morgan fingerprint density at radius 1 is 1.69 bits per heavy atom. The van der Waals surface area contributed by atoms with Crippen molar-refractivity contribution in [3.63, 3.8) is 0 Å². The molecule has 88 valence electrons. The molecule has 0 spiro atoms. The Hall–Kier alpha value is -1.40. The molecule has 0 aliphatic heterocycles. The summed E-state index contributed by atoms with van der Waals surface area (Å²) in [6.45, 7) is 1.28. The van der Waals surface area contributed by atoms with E-state index in [4.69, 9.17) is 17.0 Å². The van der Waals surface area contributed by atoms with Crippen LogP contribution in [0, 0.1) is 0 Å². The lowest BCUT2D eigenvalue weighted by Gasteiger charge is -2.05. The van der Waals surface area contributed by atoms with Crippen LogP contribution in [0.2, 0.25) is 0 Å². The van der Waals surface area contributed by atoms with Gasteiger partial charge in [0.1, 0.15) is 0 Å². The average Bonchev–Trinajstić information content (AvgIpc) is 2.65. The normalized spacial score (nSPS) is 10.6. The molecular weight excluding hydrogens is 224 g/mol. The third kappa shape index (κ3) is 4.41. The maximum absolute atomic E-state index is 5.00. The number of hydrazone groups is 1. The van der Waals surface area contributed by atoms with Crippen molar-refractivity contribution in [3.8, 4) is 0 Å². The van der Waals surface area contributed by atoms with Crippen molar-refractivity contribution < 1.29 is 4.74 Å². The molecule has 0 amide bonds. The molecule has 0 aliphatic rings. The van der Waals surface area contributed by atoms with Crippen molar-refractivity contribution in [2.45, 2.75) is 0 Å². The van der Waals surface area contributed by atoms with Gasteiger partial charge >= 0.3 is 0 Å². The van der Waals surface area contributed by atoms with Crippen LogP contribution in [0.4, 0.5) is 0 Å². The number of hydrogen-bond donors (Lipinski definition) is 2. The molecule has 0 fully saturated rings. The minimum absolute atomic E-state index is 0.488. The minimum atomic E-state index is 0.488. The molecule has 0 radical (unpaired) electrons. The fraction of sp³-hybridized carbons (Fsp3) is 0.400. The standard InChI is InChI=1S/C10H16N4OS/c1-14-6-3-4-9(14)8-12-13-10(16)11-5-7-15-2/h3-4,6,8H,5,7H2,1-2H3,(H2,11,13,16)/b12-8+. The molecule has 0 saturated heterocycles. The van der Waals surface area contributed by atoms with Crippen molar-refractivity contribution in [3.05, 3.63) is 24.0 Å². The molecule has 0 unspecified atom stereocenters. The largest absolute Gasteiger partial charge is 0.383 e. The van der Waals surface area contributed by atoms with Crippen LogP contribution in [0.1, 0.15) is 5.69 Å². The van der Waals surface area contributed by atoms with E-state index in [1.54, 1.807) is 13.3 Å². The molecule has 1 aromatic rings. The minimum Gasteiger partial charge on any atom is -0.383 e. The summed E-state index contributed by atoms with van der Waals surface area (Å²) in [6, 6.07) is 3.92. The highest BCUT2D eigenvalue weighted by Gasteiger charge is 1.93. The summed E-state index contributed by atoms with van der Waals surface area (Å²) in [5.41, 5.74) is 3.73. The van der Waals surface area contributed by atoms with Crippen molar-refractivity contribution in [1.82, 2.24) is 15.3 Å². The number of methoxy groups -OCH3 is 1. The third-order valence-corrected chi connectivity index (χ3v) is 2.17. The second-order valence-electron chi connectivity index (χ2n) is 3.16. The quantitative estimate of drug-likeness (QED) is 0.340. The smallest absolute Gasteiger partial charge is 0.187 e. The van der Waals surface area contributed by atoms with E-state index in [0.717, 1.165) is 5.69 Å². The Morgan fingerprint density at radius 3 is 3.12 bits per heavy atom. The van der Waals surface area contributed by atoms with Crippen molar-refractivity contribution in [1.29, 1.82) is 0 Å². The second kappa shape index (κ2) is 6.97. The van der Waals surface area contributed by atoms with E-state index >= 15 is 0 Å². The van der Waals surface area contributed by atoms with Gasteiger partial charge in [0.2, 0.25) is 0 Å². The molecule has 1 heterocycles. The van der Waals surface area contributed by atoms with E-state index in [2.05, 4.69) is 15.8 Å². The highest BCUT2D eigenvalue weighted by atomic mass is 32.1. The molecule has 0 saturated carbocycles. The molecule has 1 aromatic heterocycles. The number of nitrogens with one attached hydrogen (secondary N) is 2. The second-order valence-corrected chi connectivity index (χ2v) is 3.57. The summed E-state index contributed by atoms with van der Waals surface area (Å²) in [4.78, 5) is 0. The lowest BCUT2D eigenvalue weighted by atomic mass is 10.5. The van der Waals surface area contributed by atoms with Crippen LogP contribution < -0.4 is 10.7 Å². The number of thiocarbonyl (C=S) groups is 1. The molecular formula is C10H16N4OS. The van der Waals surface area contributed by atoms with E-state index < -0.39 is 0 Å². The molecule has 0 aromatic carbocycles. The van der Waals surface area contributed by atoms with E-state index in [0.29, 0.717) is 18.3 Å². The maximum atomic E-state index is 5.00. The Labute approximate surface area is 100 Å². The van der Waals surface area contributed by atoms with Crippen LogP contribution in [0.25, 0.3) is 0 Å². The van der Waals surface area contributed by atoms with E-state index in [1.165, 1.54) is 0 Å². The molecule has 6 heteroatoms. The van der Waals surface area contributed by atoms with E-state index in [9.17, 15) is 0 Å². The molecule has 0 bridgehead atoms. The van der Waals surface area contributed by atoms with Gasteiger partial charge in [-0.15, -0.1) is 0 Å². The van der Waals surface area contributed by atoms with Gasteiger partial charge in [-0.1, -0.05) is 0 Å². The van der Waals surface area contributed by atoms with Gasteiger partial charge in [0.05, 0.1) is 18.5 Å². The van der Waals surface area contributed by atoms with Gasteiger partial charge in [-0.05, 0) is 24.4 Å². The number of aromatic nitrogens is 1. The number of rotatable bonds is 5. The Kier molecular flexibility index (Phi) is 5.52. The zero-order valence-corrected chi connectivity index (χ0v) is 10.3. The Balaban J connectivity index is 2.26. The van der Waals surface area contributed by atoms with Gasteiger partial charge < -0.3 is 14.6 Å².